The minimum Gasteiger partial charge on any atom is -0.307 e. The summed E-state index contributed by atoms with van der Waals surface area (Å²) in [5.41, 5.74) is 3.12. The number of carbonyl (C=O) groups excluding carboxylic acids is 1. The number of benzene rings is 3. The first kappa shape index (κ1) is 16.5. The molecule has 1 amide bonds. The number of fused-ring (bicyclic) bond motifs is 1. The summed E-state index contributed by atoms with van der Waals surface area (Å²) < 4.78 is 27.2. The van der Waals surface area contributed by atoms with E-state index in [0.29, 0.717) is 18.5 Å². The van der Waals surface area contributed by atoms with E-state index in [-0.39, 0.29) is 17.5 Å². The monoisotopic (exact) mass is 349 g/mol. The number of rotatable bonds is 4. The predicted molar refractivity (Wildman–Crippen MR) is 96.9 cm³/mol. The van der Waals surface area contributed by atoms with Crippen molar-refractivity contribution in [2.24, 2.45) is 0 Å². The molecule has 0 aromatic heterocycles. The predicted octanol–water partition coefficient (Wildman–Crippen LogP) is 4.84. The van der Waals surface area contributed by atoms with Crippen molar-refractivity contribution in [3.8, 4) is 0 Å². The molecule has 1 aliphatic rings. The molecule has 0 radical (unpaired) electrons. The Bertz CT molecular complexity index is 952. The first-order chi connectivity index (χ1) is 12.6. The third kappa shape index (κ3) is 2.99. The van der Waals surface area contributed by atoms with Gasteiger partial charge in [-0.2, -0.15) is 0 Å². The molecule has 1 heterocycles. The van der Waals surface area contributed by atoms with Crippen molar-refractivity contribution in [3.05, 3.63) is 101 Å². The van der Waals surface area contributed by atoms with Gasteiger partial charge in [-0.15, -0.1) is 0 Å². The second-order valence-electron chi connectivity index (χ2n) is 6.46. The van der Waals surface area contributed by atoms with Crippen molar-refractivity contribution in [1.82, 2.24) is 0 Å². The molecule has 1 aliphatic heterocycles. The summed E-state index contributed by atoms with van der Waals surface area (Å²) in [6.45, 7) is 0.365. The van der Waals surface area contributed by atoms with Gasteiger partial charge in [-0.1, -0.05) is 48.5 Å². The van der Waals surface area contributed by atoms with Crippen LogP contribution in [0, 0.1) is 11.6 Å². The molecule has 0 saturated carbocycles. The summed E-state index contributed by atoms with van der Waals surface area (Å²) >= 11 is 0. The lowest BCUT2D eigenvalue weighted by Crippen LogP contribution is -2.29. The maximum atomic E-state index is 14.1. The van der Waals surface area contributed by atoms with Crippen molar-refractivity contribution in [2.75, 3.05) is 4.90 Å². The number of halogens is 2. The van der Waals surface area contributed by atoms with Crippen molar-refractivity contribution in [2.45, 2.75) is 18.9 Å². The van der Waals surface area contributed by atoms with Crippen LogP contribution in [-0.2, 0) is 17.8 Å². The van der Waals surface area contributed by atoms with E-state index in [9.17, 15) is 13.6 Å². The molecular weight excluding hydrogens is 332 g/mol. The first-order valence-electron chi connectivity index (χ1n) is 8.51. The van der Waals surface area contributed by atoms with E-state index in [0.717, 1.165) is 16.8 Å². The lowest BCUT2D eigenvalue weighted by atomic mass is 9.93. The molecule has 26 heavy (non-hydrogen) atoms. The summed E-state index contributed by atoms with van der Waals surface area (Å²) in [7, 11) is 0. The van der Waals surface area contributed by atoms with Gasteiger partial charge in [0, 0.05) is 5.69 Å². The second-order valence-corrected chi connectivity index (χ2v) is 6.46. The van der Waals surface area contributed by atoms with Crippen molar-refractivity contribution >= 4 is 11.6 Å². The van der Waals surface area contributed by atoms with E-state index in [4.69, 9.17) is 0 Å². The SMILES string of the molecule is O=C1C(Cc2ccccc2F)c2ccccc2N1Cc1ccc(F)cc1. The highest BCUT2D eigenvalue weighted by Crippen LogP contribution is 2.40. The first-order valence-corrected chi connectivity index (χ1v) is 8.51. The summed E-state index contributed by atoms with van der Waals surface area (Å²) in [5.74, 6) is -1.07. The quantitative estimate of drug-likeness (QED) is 0.660. The Morgan fingerprint density at radius 2 is 1.54 bits per heavy atom. The van der Waals surface area contributed by atoms with E-state index < -0.39 is 5.92 Å². The molecule has 4 heteroatoms. The largest absolute Gasteiger partial charge is 0.307 e. The van der Waals surface area contributed by atoms with Crippen LogP contribution in [0.4, 0.5) is 14.5 Å². The number of anilines is 1. The van der Waals surface area contributed by atoms with E-state index in [2.05, 4.69) is 0 Å². The number of hydrogen-bond acceptors (Lipinski definition) is 1. The van der Waals surface area contributed by atoms with Gasteiger partial charge in [0.1, 0.15) is 11.6 Å². The average Bonchev–Trinajstić information content (AvgIpc) is 2.91. The second kappa shape index (κ2) is 6.71. The van der Waals surface area contributed by atoms with Gasteiger partial charge in [0.2, 0.25) is 5.91 Å². The normalized spacial score (nSPS) is 16.0. The molecule has 3 aromatic rings. The van der Waals surface area contributed by atoms with Crippen LogP contribution >= 0.6 is 0 Å². The minimum atomic E-state index is -0.413. The molecule has 0 saturated heterocycles. The molecular formula is C22H17F2NO. The maximum Gasteiger partial charge on any atom is 0.235 e. The number of amides is 1. The van der Waals surface area contributed by atoms with Crippen LogP contribution < -0.4 is 4.90 Å². The Hall–Kier alpha value is -3.01. The smallest absolute Gasteiger partial charge is 0.235 e. The Labute approximate surface area is 150 Å². The zero-order chi connectivity index (χ0) is 18.1. The molecule has 2 nitrogen and oxygen atoms in total. The third-order valence-corrected chi connectivity index (χ3v) is 4.80. The molecule has 4 rings (SSSR count). The fourth-order valence-corrected chi connectivity index (χ4v) is 3.48. The van der Waals surface area contributed by atoms with Gasteiger partial charge in [-0.25, -0.2) is 8.78 Å². The standard InChI is InChI=1S/C22H17F2NO/c23-17-11-9-15(10-12-17)14-25-21-8-4-2-6-18(21)19(22(25)26)13-16-5-1-3-7-20(16)24/h1-12,19H,13-14H2. The van der Waals surface area contributed by atoms with E-state index in [1.807, 2.05) is 24.3 Å². The molecule has 130 valence electrons. The van der Waals surface area contributed by atoms with Gasteiger partial charge in [0.25, 0.3) is 0 Å². The lowest BCUT2D eigenvalue weighted by molar-refractivity contribution is -0.119. The summed E-state index contributed by atoms with van der Waals surface area (Å²) in [4.78, 5) is 14.8. The van der Waals surface area contributed by atoms with Gasteiger partial charge in [-0.3, -0.25) is 4.79 Å². The number of carbonyl (C=O) groups is 1. The number of hydrogen-bond donors (Lipinski definition) is 0. The summed E-state index contributed by atoms with van der Waals surface area (Å²) in [6, 6.07) is 20.3. The molecule has 0 aliphatic carbocycles. The van der Waals surface area contributed by atoms with Crippen LogP contribution in [0.25, 0.3) is 0 Å². The molecule has 0 N–H and O–H groups in total. The van der Waals surface area contributed by atoms with Crippen LogP contribution in [0.1, 0.15) is 22.6 Å². The summed E-state index contributed by atoms with van der Waals surface area (Å²) in [6.07, 6.45) is 0.322. The fraction of sp³-hybridized carbons (Fsp3) is 0.136. The topological polar surface area (TPSA) is 20.3 Å². The lowest BCUT2D eigenvalue weighted by Gasteiger charge is -2.18. The average molecular weight is 349 g/mol. The molecule has 0 bridgehead atoms. The van der Waals surface area contributed by atoms with Gasteiger partial charge >= 0.3 is 0 Å². The number of nitrogens with zero attached hydrogens (tertiary/aromatic N) is 1. The Balaban J connectivity index is 1.66. The minimum absolute atomic E-state index is 0.0567. The van der Waals surface area contributed by atoms with Crippen LogP contribution in [-0.4, -0.2) is 5.91 Å². The molecule has 0 spiro atoms. The Morgan fingerprint density at radius 1 is 0.846 bits per heavy atom. The summed E-state index contributed by atoms with van der Waals surface area (Å²) in [5, 5.41) is 0. The zero-order valence-corrected chi connectivity index (χ0v) is 14.0. The van der Waals surface area contributed by atoms with E-state index in [1.165, 1.54) is 18.2 Å². The Kier molecular flexibility index (Phi) is 4.25. The third-order valence-electron chi connectivity index (χ3n) is 4.80. The number of para-hydroxylation sites is 1. The molecule has 3 aromatic carbocycles. The van der Waals surface area contributed by atoms with Crippen LogP contribution in [0.2, 0.25) is 0 Å². The highest BCUT2D eigenvalue weighted by Gasteiger charge is 2.37. The zero-order valence-electron chi connectivity index (χ0n) is 14.0. The Morgan fingerprint density at radius 3 is 2.31 bits per heavy atom. The highest BCUT2D eigenvalue weighted by molar-refractivity contribution is 6.05. The molecule has 0 fully saturated rings. The fourth-order valence-electron chi connectivity index (χ4n) is 3.48. The van der Waals surface area contributed by atoms with Crippen LogP contribution in [0.3, 0.4) is 0 Å². The van der Waals surface area contributed by atoms with Gasteiger partial charge in [0.15, 0.2) is 0 Å². The van der Waals surface area contributed by atoms with Crippen LogP contribution in [0.5, 0.6) is 0 Å². The van der Waals surface area contributed by atoms with Crippen molar-refractivity contribution < 1.29 is 13.6 Å². The molecule has 1 atom stereocenters. The van der Waals surface area contributed by atoms with Crippen LogP contribution in [0.15, 0.2) is 72.8 Å². The highest BCUT2D eigenvalue weighted by atomic mass is 19.1. The van der Waals surface area contributed by atoms with Crippen molar-refractivity contribution in [3.63, 3.8) is 0 Å². The maximum absolute atomic E-state index is 14.1. The molecule has 1 unspecified atom stereocenters. The van der Waals surface area contributed by atoms with Crippen molar-refractivity contribution in [1.29, 1.82) is 0 Å². The van der Waals surface area contributed by atoms with Gasteiger partial charge < -0.3 is 4.90 Å². The van der Waals surface area contributed by atoms with E-state index >= 15 is 0 Å². The van der Waals surface area contributed by atoms with Gasteiger partial charge in [0.05, 0.1) is 12.5 Å². The van der Waals surface area contributed by atoms with Gasteiger partial charge in [-0.05, 0) is 47.4 Å². The van der Waals surface area contributed by atoms with E-state index in [1.54, 1.807) is 35.2 Å².